The van der Waals surface area contributed by atoms with Crippen molar-refractivity contribution in [2.24, 2.45) is 0 Å². The van der Waals surface area contributed by atoms with E-state index in [2.05, 4.69) is 5.32 Å². The molecule has 0 aliphatic carbocycles. The number of amides is 1. The number of nitrogens with zero attached hydrogens (tertiary/aromatic N) is 2. The molecule has 1 aliphatic rings. The van der Waals surface area contributed by atoms with E-state index in [1.807, 2.05) is 6.92 Å². The molecule has 0 bridgehead atoms. The molecule has 2 aromatic rings. The van der Waals surface area contributed by atoms with E-state index in [-0.39, 0.29) is 10.7 Å². The van der Waals surface area contributed by atoms with Crippen molar-refractivity contribution in [1.29, 1.82) is 0 Å². The monoisotopic (exact) mass is 503 g/mol. The van der Waals surface area contributed by atoms with Crippen LogP contribution in [0.1, 0.15) is 12.5 Å². The number of carbonyl (C=O) groups excluding carboxylic acids is 1. The van der Waals surface area contributed by atoms with E-state index >= 15 is 0 Å². The van der Waals surface area contributed by atoms with Gasteiger partial charge in [-0.2, -0.15) is 13.2 Å². The van der Waals surface area contributed by atoms with E-state index in [1.54, 1.807) is 24.3 Å². The van der Waals surface area contributed by atoms with E-state index in [0.29, 0.717) is 21.6 Å². The van der Waals surface area contributed by atoms with E-state index in [0.717, 1.165) is 24.7 Å². The highest BCUT2D eigenvalue weighted by atomic mass is 35.5. The number of aliphatic hydroxyl groups excluding tert-OH is 2. The van der Waals surface area contributed by atoms with Gasteiger partial charge in [0.15, 0.2) is 12.3 Å². The van der Waals surface area contributed by atoms with Crippen LogP contribution in [0, 0.1) is 12.7 Å². The third-order valence-corrected chi connectivity index (χ3v) is 5.45. The molecule has 1 amide bonds. The maximum atomic E-state index is 14.7. The number of ether oxygens (including phenoxy) is 1. The van der Waals surface area contributed by atoms with E-state index < -0.39 is 48.0 Å². The standard InChI is InChI=1S/C22H22ClF4N3O4/c1-11-4-6-13(7-5-11)34-12(2)20(32)28-16-9-17(15(24)8-14(16)23)30-19(31)10-18(22(25,26)27)29(3)21(30)33/h4-10,12,19,21,31,33H,1-3H3,(H,28,32). The van der Waals surface area contributed by atoms with Gasteiger partial charge in [0.25, 0.3) is 5.91 Å². The maximum Gasteiger partial charge on any atom is 0.431 e. The highest BCUT2D eigenvalue weighted by Gasteiger charge is 2.45. The smallest absolute Gasteiger partial charge is 0.431 e. The molecule has 0 fully saturated rings. The zero-order valence-corrected chi connectivity index (χ0v) is 19.0. The molecule has 12 heteroatoms. The Kier molecular flexibility index (Phi) is 7.29. The van der Waals surface area contributed by atoms with Crippen molar-refractivity contribution in [2.75, 3.05) is 17.3 Å². The zero-order chi connectivity index (χ0) is 25.4. The molecule has 0 radical (unpaired) electrons. The van der Waals surface area contributed by atoms with Gasteiger partial charge in [-0.3, -0.25) is 9.69 Å². The molecule has 2 aromatic carbocycles. The summed E-state index contributed by atoms with van der Waals surface area (Å²) in [4.78, 5) is 13.6. The maximum absolute atomic E-state index is 14.7. The summed E-state index contributed by atoms with van der Waals surface area (Å²) in [5, 5.41) is 22.9. The minimum absolute atomic E-state index is 0.102. The third kappa shape index (κ3) is 5.37. The summed E-state index contributed by atoms with van der Waals surface area (Å²) in [5.74, 6) is -1.24. The van der Waals surface area contributed by atoms with Crippen LogP contribution in [-0.2, 0) is 4.79 Å². The van der Waals surface area contributed by atoms with Gasteiger partial charge in [0.2, 0.25) is 6.35 Å². The van der Waals surface area contributed by atoms with Crippen LogP contribution in [0.3, 0.4) is 0 Å². The Labute approximate surface area is 197 Å². The largest absolute Gasteiger partial charge is 0.481 e. The van der Waals surface area contributed by atoms with E-state index in [1.165, 1.54) is 6.92 Å². The van der Waals surface area contributed by atoms with Crippen LogP contribution in [0.5, 0.6) is 5.75 Å². The first kappa shape index (κ1) is 25.6. The highest BCUT2D eigenvalue weighted by molar-refractivity contribution is 6.33. The number of carbonyl (C=O) groups is 1. The predicted octanol–water partition coefficient (Wildman–Crippen LogP) is 3.99. The average Bonchev–Trinajstić information content (AvgIpc) is 2.74. The quantitative estimate of drug-likeness (QED) is 0.535. The number of allylic oxidation sites excluding steroid dienone is 1. The Bertz CT molecular complexity index is 1090. The summed E-state index contributed by atoms with van der Waals surface area (Å²) in [6, 6.07) is 8.77. The number of aryl methyl sites for hydroxylation is 1. The van der Waals surface area contributed by atoms with Crippen molar-refractivity contribution in [2.45, 2.75) is 38.7 Å². The first-order valence-corrected chi connectivity index (χ1v) is 10.4. The van der Waals surface area contributed by atoms with Gasteiger partial charge < -0.3 is 25.2 Å². The Morgan fingerprint density at radius 3 is 2.41 bits per heavy atom. The molecule has 3 atom stereocenters. The topological polar surface area (TPSA) is 85.3 Å². The Morgan fingerprint density at radius 1 is 1.21 bits per heavy atom. The summed E-state index contributed by atoms with van der Waals surface area (Å²) in [7, 11) is 0.934. The van der Waals surface area contributed by atoms with Gasteiger partial charge in [-0.15, -0.1) is 0 Å². The lowest BCUT2D eigenvalue weighted by atomic mass is 10.2. The molecule has 0 saturated carbocycles. The first-order chi connectivity index (χ1) is 15.8. The summed E-state index contributed by atoms with van der Waals surface area (Å²) in [5.41, 5.74) is -0.889. The van der Waals surface area contributed by atoms with Gasteiger partial charge in [-0.05, 0) is 44.2 Å². The molecule has 184 valence electrons. The van der Waals surface area contributed by atoms with Gasteiger partial charge in [0.05, 0.1) is 16.4 Å². The van der Waals surface area contributed by atoms with Crippen LogP contribution < -0.4 is 15.0 Å². The minimum atomic E-state index is -4.85. The van der Waals surface area contributed by atoms with Gasteiger partial charge in [0.1, 0.15) is 17.3 Å². The molecule has 7 nitrogen and oxygen atoms in total. The van der Waals surface area contributed by atoms with Crippen LogP contribution in [0.2, 0.25) is 5.02 Å². The van der Waals surface area contributed by atoms with Gasteiger partial charge >= 0.3 is 6.18 Å². The molecule has 0 spiro atoms. The summed E-state index contributed by atoms with van der Waals surface area (Å²) in [6.45, 7) is 3.37. The Hall–Kier alpha value is -3.02. The molecule has 3 N–H and O–H groups in total. The van der Waals surface area contributed by atoms with Crippen molar-refractivity contribution in [3.63, 3.8) is 0 Å². The summed E-state index contributed by atoms with van der Waals surface area (Å²) in [6.07, 6.45) is -9.50. The van der Waals surface area contributed by atoms with Crippen molar-refractivity contribution in [3.05, 3.63) is 64.6 Å². The normalized spacial score (nSPS) is 19.5. The lowest BCUT2D eigenvalue weighted by Crippen LogP contribution is -2.56. The number of hydrogen-bond acceptors (Lipinski definition) is 6. The lowest BCUT2D eigenvalue weighted by Gasteiger charge is -2.43. The number of anilines is 2. The molecule has 0 saturated heterocycles. The summed E-state index contributed by atoms with van der Waals surface area (Å²) >= 11 is 6.04. The molecule has 1 heterocycles. The number of benzene rings is 2. The number of halogens is 5. The molecule has 1 aliphatic heterocycles. The van der Waals surface area contributed by atoms with Gasteiger partial charge in [-0.25, -0.2) is 4.39 Å². The molecule has 3 unspecified atom stereocenters. The Morgan fingerprint density at radius 2 is 1.82 bits per heavy atom. The van der Waals surface area contributed by atoms with Crippen molar-refractivity contribution >= 4 is 28.9 Å². The average molecular weight is 504 g/mol. The van der Waals surface area contributed by atoms with Crippen LogP contribution in [0.25, 0.3) is 0 Å². The molecular formula is C22H22ClF4N3O4. The predicted molar refractivity (Wildman–Crippen MR) is 118 cm³/mol. The van der Waals surface area contributed by atoms with E-state index in [4.69, 9.17) is 16.3 Å². The van der Waals surface area contributed by atoms with Crippen LogP contribution in [0.15, 0.2) is 48.2 Å². The fraction of sp³-hybridized carbons (Fsp3) is 0.318. The zero-order valence-electron chi connectivity index (χ0n) is 18.3. The highest BCUT2D eigenvalue weighted by Crippen LogP contribution is 2.38. The van der Waals surface area contributed by atoms with Gasteiger partial charge in [0, 0.05) is 7.05 Å². The molecule has 3 rings (SSSR count). The number of aliphatic hydroxyl groups is 2. The van der Waals surface area contributed by atoms with Crippen molar-refractivity contribution in [1.82, 2.24) is 4.90 Å². The first-order valence-electron chi connectivity index (χ1n) is 9.99. The van der Waals surface area contributed by atoms with Gasteiger partial charge in [-0.1, -0.05) is 29.3 Å². The van der Waals surface area contributed by atoms with Crippen LogP contribution in [0.4, 0.5) is 28.9 Å². The number of nitrogens with one attached hydrogen (secondary N) is 1. The fourth-order valence-corrected chi connectivity index (χ4v) is 3.49. The van der Waals surface area contributed by atoms with E-state index in [9.17, 15) is 32.6 Å². The molecule has 0 aromatic heterocycles. The van der Waals surface area contributed by atoms with Crippen molar-refractivity contribution in [3.8, 4) is 5.75 Å². The molecular weight excluding hydrogens is 482 g/mol. The number of alkyl halides is 3. The van der Waals surface area contributed by atoms with Crippen LogP contribution >= 0.6 is 11.6 Å². The SMILES string of the molecule is Cc1ccc(OC(C)C(=O)Nc2cc(N3C(O)C=C(C(F)(F)F)N(C)C3O)c(F)cc2Cl)cc1. The second-order valence-corrected chi connectivity index (χ2v) is 8.08. The Balaban J connectivity index is 1.85. The lowest BCUT2D eigenvalue weighted by molar-refractivity contribution is -0.133. The van der Waals surface area contributed by atoms with Crippen molar-refractivity contribution < 1.29 is 37.3 Å². The summed E-state index contributed by atoms with van der Waals surface area (Å²) < 4.78 is 59.7. The third-order valence-electron chi connectivity index (χ3n) is 5.13. The fourth-order valence-electron chi connectivity index (χ4n) is 3.29. The molecule has 34 heavy (non-hydrogen) atoms. The second kappa shape index (κ2) is 9.69. The minimum Gasteiger partial charge on any atom is -0.481 e. The second-order valence-electron chi connectivity index (χ2n) is 7.67. The van der Waals surface area contributed by atoms with Crippen LogP contribution in [-0.4, -0.2) is 52.9 Å². The number of rotatable bonds is 5. The number of hydrogen-bond donors (Lipinski definition) is 3.